The maximum absolute atomic E-state index is 9.55. The molecule has 6 nitrogen and oxygen atoms in total. The Morgan fingerprint density at radius 3 is 1.88 bits per heavy atom. The van der Waals surface area contributed by atoms with Crippen molar-refractivity contribution in [2.75, 3.05) is 13.1 Å². The summed E-state index contributed by atoms with van der Waals surface area (Å²) < 4.78 is 0. The van der Waals surface area contributed by atoms with Crippen LogP contribution < -0.4 is 5.43 Å². The minimum absolute atomic E-state index is 0.558. The van der Waals surface area contributed by atoms with Gasteiger partial charge < -0.3 is 10.2 Å². The van der Waals surface area contributed by atoms with Crippen LogP contribution in [-0.2, 0) is 9.59 Å². The highest BCUT2D eigenvalue weighted by atomic mass is 16.4. The Balaban J connectivity index is 0.000000307. The van der Waals surface area contributed by atoms with Crippen molar-refractivity contribution in [1.29, 1.82) is 0 Å². The normalized spacial score (nSPS) is 21.7. The molecule has 1 saturated heterocycles. The quantitative estimate of drug-likeness (QED) is 0.684. The van der Waals surface area contributed by atoms with Crippen LogP contribution in [0.5, 0.6) is 0 Å². The van der Waals surface area contributed by atoms with E-state index in [2.05, 4.69) is 10.4 Å². The van der Waals surface area contributed by atoms with E-state index in [1.54, 1.807) is 0 Å². The van der Waals surface area contributed by atoms with Crippen LogP contribution in [-0.4, -0.2) is 46.3 Å². The standard InChI is InChI=1S/C14H28N2.C4H4O4/c1-2-6-10-14(11-7-3-1)16-13-9-5-4-8-12-15-16;5-3(6)1-2-4(7)8/h14-15H,1-13H2;1-2H,(H,5,6)(H,7,8)/b;2-1-. The van der Waals surface area contributed by atoms with E-state index in [9.17, 15) is 9.59 Å². The Morgan fingerprint density at radius 1 is 0.792 bits per heavy atom. The minimum Gasteiger partial charge on any atom is -0.478 e. The first-order chi connectivity index (χ1) is 11.6. The second-order valence-corrected chi connectivity index (χ2v) is 6.52. The van der Waals surface area contributed by atoms with Gasteiger partial charge in [-0.25, -0.2) is 14.6 Å². The van der Waals surface area contributed by atoms with E-state index in [-0.39, 0.29) is 0 Å². The van der Waals surface area contributed by atoms with Gasteiger partial charge in [-0.1, -0.05) is 44.9 Å². The van der Waals surface area contributed by atoms with Gasteiger partial charge in [0.05, 0.1) is 0 Å². The highest BCUT2D eigenvalue weighted by Crippen LogP contribution is 2.21. The van der Waals surface area contributed by atoms with Gasteiger partial charge in [-0.05, 0) is 25.7 Å². The van der Waals surface area contributed by atoms with Gasteiger partial charge in [-0.2, -0.15) is 0 Å². The molecule has 0 bridgehead atoms. The summed E-state index contributed by atoms with van der Waals surface area (Å²) in [6, 6.07) is 0.832. The van der Waals surface area contributed by atoms with Gasteiger partial charge in [0, 0.05) is 31.3 Å². The Kier molecular flexibility index (Phi) is 11.1. The summed E-state index contributed by atoms with van der Waals surface area (Å²) in [5, 5.41) is 18.2. The van der Waals surface area contributed by atoms with Crippen LogP contribution in [0.25, 0.3) is 0 Å². The molecule has 1 aliphatic carbocycles. The summed E-state index contributed by atoms with van der Waals surface area (Å²) in [7, 11) is 0. The first kappa shape index (κ1) is 20.6. The van der Waals surface area contributed by atoms with Crippen LogP contribution in [0.4, 0.5) is 0 Å². The average Bonchev–Trinajstić information content (AvgIpc) is 2.46. The molecular weight excluding hydrogens is 308 g/mol. The number of nitrogens with one attached hydrogen (secondary N) is 1. The van der Waals surface area contributed by atoms with E-state index >= 15 is 0 Å². The number of carboxylic acids is 2. The third-order valence-corrected chi connectivity index (χ3v) is 4.52. The van der Waals surface area contributed by atoms with Gasteiger partial charge in [0.15, 0.2) is 0 Å². The average molecular weight is 340 g/mol. The lowest BCUT2D eigenvalue weighted by Crippen LogP contribution is -2.47. The third kappa shape index (κ3) is 10.4. The molecule has 0 atom stereocenters. The first-order valence-electron chi connectivity index (χ1n) is 9.23. The molecule has 0 aromatic rings. The number of carbonyl (C=O) groups is 2. The van der Waals surface area contributed by atoms with Crippen LogP contribution >= 0.6 is 0 Å². The second kappa shape index (κ2) is 13.0. The molecule has 0 unspecified atom stereocenters. The minimum atomic E-state index is -1.26. The molecule has 1 aliphatic heterocycles. The molecule has 1 heterocycles. The van der Waals surface area contributed by atoms with E-state index in [4.69, 9.17) is 10.2 Å². The van der Waals surface area contributed by atoms with Gasteiger partial charge in [0.1, 0.15) is 0 Å². The van der Waals surface area contributed by atoms with Crippen LogP contribution in [0.3, 0.4) is 0 Å². The molecule has 0 aromatic carbocycles. The molecule has 24 heavy (non-hydrogen) atoms. The molecule has 6 heteroatoms. The van der Waals surface area contributed by atoms with Crippen molar-refractivity contribution in [3.05, 3.63) is 12.2 Å². The highest BCUT2D eigenvalue weighted by Gasteiger charge is 2.19. The summed E-state index contributed by atoms with van der Waals surface area (Å²) in [4.78, 5) is 19.1. The summed E-state index contributed by atoms with van der Waals surface area (Å²) >= 11 is 0. The highest BCUT2D eigenvalue weighted by molar-refractivity contribution is 5.89. The number of hydrogen-bond acceptors (Lipinski definition) is 4. The van der Waals surface area contributed by atoms with Crippen molar-refractivity contribution in [1.82, 2.24) is 10.4 Å². The number of nitrogens with zero attached hydrogens (tertiary/aromatic N) is 1. The topological polar surface area (TPSA) is 89.9 Å². The van der Waals surface area contributed by atoms with Gasteiger partial charge >= 0.3 is 11.9 Å². The molecule has 0 spiro atoms. The summed E-state index contributed by atoms with van der Waals surface area (Å²) in [6.45, 7) is 2.49. The lowest BCUT2D eigenvalue weighted by Gasteiger charge is -2.34. The smallest absolute Gasteiger partial charge is 0.328 e. The number of hydrazine groups is 1. The number of hydrogen-bond donors (Lipinski definition) is 3. The lowest BCUT2D eigenvalue weighted by molar-refractivity contribution is -0.134. The molecular formula is C18H32N2O4. The predicted octanol–water partition coefficient (Wildman–Crippen LogP) is 3.19. The van der Waals surface area contributed by atoms with E-state index in [1.807, 2.05) is 0 Å². The van der Waals surface area contributed by atoms with Crippen LogP contribution in [0.1, 0.15) is 70.6 Å². The van der Waals surface area contributed by atoms with Crippen molar-refractivity contribution < 1.29 is 19.8 Å². The fourth-order valence-electron chi connectivity index (χ4n) is 3.26. The molecule has 0 radical (unpaired) electrons. The largest absolute Gasteiger partial charge is 0.478 e. The fraction of sp³-hybridized carbons (Fsp3) is 0.778. The first-order valence-corrected chi connectivity index (χ1v) is 9.23. The lowest BCUT2D eigenvalue weighted by atomic mass is 9.96. The monoisotopic (exact) mass is 340 g/mol. The number of carboxylic acid groups (broad SMARTS) is 2. The van der Waals surface area contributed by atoms with E-state index < -0.39 is 11.9 Å². The maximum Gasteiger partial charge on any atom is 0.328 e. The Morgan fingerprint density at radius 2 is 1.29 bits per heavy atom. The molecule has 2 rings (SSSR count). The Labute approximate surface area is 144 Å². The van der Waals surface area contributed by atoms with Gasteiger partial charge in [-0.3, -0.25) is 5.43 Å². The van der Waals surface area contributed by atoms with E-state index in [0.29, 0.717) is 12.2 Å². The molecule has 2 fully saturated rings. The summed E-state index contributed by atoms with van der Waals surface area (Å²) in [6.07, 6.45) is 16.9. The third-order valence-electron chi connectivity index (χ3n) is 4.52. The molecule has 138 valence electrons. The molecule has 1 saturated carbocycles. The van der Waals surface area contributed by atoms with Crippen LogP contribution in [0.2, 0.25) is 0 Å². The second-order valence-electron chi connectivity index (χ2n) is 6.52. The molecule has 3 N–H and O–H groups in total. The van der Waals surface area contributed by atoms with E-state index in [0.717, 1.165) is 6.04 Å². The van der Waals surface area contributed by atoms with Crippen molar-refractivity contribution >= 4 is 11.9 Å². The van der Waals surface area contributed by atoms with Crippen LogP contribution in [0, 0.1) is 0 Å². The molecule has 2 aliphatic rings. The zero-order valence-electron chi connectivity index (χ0n) is 14.6. The van der Waals surface area contributed by atoms with Crippen LogP contribution in [0.15, 0.2) is 12.2 Å². The van der Waals surface area contributed by atoms with Gasteiger partial charge in [0.2, 0.25) is 0 Å². The van der Waals surface area contributed by atoms with Gasteiger partial charge in [0.25, 0.3) is 0 Å². The molecule has 0 aromatic heterocycles. The molecule has 0 amide bonds. The fourth-order valence-corrected chi connectivity index (χ4v) is 3.26. The van der Waals surface area contributed by atoms with Gasteiger partial charge in [-0.15, -0.1) is 0 Å². The van der Waals surface area contributed by atoms with E-state index in [1.165, 1.54) is 83.7 Å². The Bertz CT molecular complexity index is 346. The van der Waals surface area contributed by atoms with Crippen molar-refractivity contribution in [3.63, 3.8) is 0 Å². The van der Waals surface area contributed by atoms with Crippen molar-refractivity contribution in [2.45, 2.75) is 76.7 Å². The zero-order chi connectivity index (χ0) is 17.6. The van der Waals surface area contributed by atoms with Crippen molar-refractivity contribution in [2.24, 2.45) is 0 Å². The summed E-state index contributed by atoms with van der Waals surface area (Å²) in [5.41, 5.74) is 3.67. The predicted molar refractivity (Wildman–Crippen MR) is 93.7 cm³/mol. The Hall–Kier alpha value is -1.40. The number of aliphatic carboxylic acids is 2. The maximum atomic E-state index is 9.55. The summed E-state index contributed by atoms with van der Waals surface area (Å²) in [5.74, 6) is -2.51. The zero-order valence-corrected chi connectivity index (χ0v) is 14.6. The SMILES string of the molecule is C1CCCC(N2CCCCCCN2)CCC1.O=C(O)/C=C\C(=O)O. The van der Waals surface area contributed by atoms with Crippen molar-refractivity contribution in [3.8, 4) is 0 Å². The number of rotatable bonds is 3.